The quantitative estimate of drug-likeness (QED) is 0.118. The second-order valence-electron chi connectivity index (χ2n) is 5.65. The first-order chi connectivity index (χ1) is 12.9. The van der Waals surface area contributed by atoms with Crippen LogP contribution < -0.4 is 0 Å². The first-order valence-electron chi connectivity index (χ1n) is 9.60. The predicted octanol–water partition coefficient (Wildman–Crippen LogP) is 6.36. The maximum Gasteiger partial charge on any atom is 0.334 e. The molecule has 0 bridgehead atoms. The average Bonchev–Trinajstić information content (AvgIpc) is 2.58. The van der Waals surface area contributed by atoms with Gasteiger partial charge in [-0.05, 0) is 47.0 Å². The molecular weight excluding hydrogens is 386 g/mol. The van der Waals surface area contributed by atoms with Gasteiger partial charge in [-0.15, -0.1) is 0 Å². The number of rotatable bonds is 17. The monoisotopic (exact) mass is 422 g/mol. The van der Waals surface area contributed by atoms with Gasteiger partial charge in [0.15, 0.2) is 0 Å². The van der Waals surface area contributed by atoms with Crippen LogP contribution in [0.15, 0.2) is 36.5 Å². The minimum Gasteiger partial charge on any atom is -0.309 e. The van der Waals surface area contributed by atoms with Crippen molar-refractivity contribution in [2.75, 3.05) is 38.8 Å². The van der Waals surface area contributed by atoms with Gasteiger partial charge in [-0.1, -0.05) is 36.5 Å². The topological polar surface area (TPSA) is 71.1 Å². The van der Waals surface area contributed by atoms with Crippen molar-refractivity contribution in [1.29, 1.82) is 0 Å². The Bertz CT molecular complexity index is 536. The molecule has 0 fully saturated rings. The molecule has 0 aliphatic carbocycles. The summed E-state index contributed by atoms with van der Waals surface area (Å²) in [6, 6.07) is 0. The van der Waals surface area contributed by atoms with E-state index in [1.165, 1.54) is 0 Å². The molecule has 6 nitrogen and oxygen atoms in total. The van der Waals surface area contributed by atoms with E-state index in [2.05, 4.69) is 6.58 Å². The van der Waals surface area contributed by atoms with Gasteiger partial charge in [0.1, 0.15) is 0 Å². The zero-order valence-corrected chi connectivity index (χ0v) is 19.0. The molecule has 0 aromatic carbocycles. The zero-order valence-electron chi connectivity index (χ0n) is 17.2. The van der Waals surface area contributed by atoms with Crippen LogP contribution in [-0.4, -0.2) is 38.8 Å². The lowest BCUT2D eigenvalue weighted by atomic mass is 10.2. The molecule has 0 aliphatic rings. The maximum atomic E-state index is 12.7. The molecule has 0 saturated heterocycles. The molecule has 0 unspecified atom stereocenters. The van der Waals surface area contributed by atoms with Crippen LogP contribution in [0.5, 0.6) is 0 Å². The van der Waals surface area contributed by atoms with Crippen LogP contribution in [0.25, 0.3) is 0 Å². The first kappa shape index (κ1) is 26.5. The van der Waals surface area contributed by atoms with E-state index in [4.69, 9.17) is 18.1 Å². The van der Waals surface area contributed by atoms with E-state index in [9.17, 15) is 9.13 Å². The van der Waals surface area contributed by atoms with E-state index in [-0.39, 0.29) is 6.16 Å². The molecule has 27 heavy (non-hydrogen) atoms. The summed E-state index contributed by atoms with van der Waals surface area (Å²) in [7, 11) is -6.09. The zero-order chi connectivity index (χ0) is 20.6. The smallest absolute Gasteiger partial charge is 0.309 e. The van der Waals surface area contributed by atoms with Crippen LogP contribution in [0, 0.1) is 0 Å². The molecule has 8 heteroatoms. The Kier molecular flexibility index (Phi) is 15.2. The van der Waals surface area contributed by atoms with Crippen LogP contribution in [0.2, 0.25) is 0 Å². The molecule has 0 aromatic rings. The third-order valence-electron chi connectivity index (χ3n) is 3.40. The van der Waals surface area contributed by atoms with Crippen molar-refractivity contribution >= 4 is 15.2 Å². The number of unbranched alkanes of at least 4 members (excludes halogenated alkanes) is 1. The largest absolute Gasteiger partial charge is 0.334 e. The Balaban J connectivity index is 4.58. The number of hydrogen-bond acceptors (Lipinski definition) is 6. The molecule has 0 aliphatic heterocycles. The highest BCUT2D eigenvalue weighted by molar-refractivity contribution is 7.54. The standard InChI is InChI=1S/C19H36O6P2/c1-6-15-19(18-27(21,24-9-4)25-10-5)16-13-11-12-14-17-26(20,22-7-2)23-8-3/h6,11,13,15H,1,7-10,12,14,16-18H2,2-5H3/b13-11-,19-15+. The fourth-order valence-electron chi connectivity index (χ4n) is 2.44. The van der Waals surface area contributed by atoms with Gasteiger partial charge < -0.3 is 18.1 Å². The molecular formula is C19H36O6P2. The fraction of sp³-hybridized carbons (Fsp3) is 0.684. The van der Waals surface area contributed by atoms with Crippen LogP contribution in [0.3, 0.4) is 0 Å². The lowest BCUT2D eigenvalue weighted by Gasteiger charge is -2.18. The van der Waals surface area contributed by atoms with Crippen molar-refractivity contribution in [2.24, 2.45) is 0 Å². The minimum atomic E-state index is -3.12. The first-order valence-corrected chi connectivity index (χ1v) is 13.1. The summed E-state index contributed by atoms with van der Waals surface area (Å²) in [5, 5.41) is 0. The van der Waals surface area contributed by atoms with E-state index in [1.807, 2.05) is 32.1 Å². The highest BCUT2D eigenvalue weighted by Crippen LogP contribution is 2.50. The van der Waals surface area contributed by atoms with Crippen molar-refractivity contribution < 1.29 is 27.2 Å². The molecule has 0 aromatic heterocycles. The summed E-state index contributed by atoms with van der Waals surface area (Å²) in [4.78, 5) is 0. The molecule has 0 heterocycles. The normalized spacial score (nSPS) is 13.4. The van der Waals surface area contributed by atoms with E-state index < -0.39 is 15.2 Å². The maximum absolute atomic E-state index is 12.7. The molecule has 0 rings (SSSR count). The third kappa shape index (κ3) is 12.6. The van der Waals surface area contributed by atoms with E-state index in [0.717, 1.165) is 12.0 Å². The Morgan fingerprint density at radius 2 is 1.37 bits per heavy atom. The van der Waals surface area contributed by atoms with Crippen LogP contribution in [-0.2, 0) is 27.2 Å². The van der Waals surface area contributed by atoms with Gasteiger partial charge >= 0.3 is 15.2 Å². The summed E-state index contributed by atoms with van der Waals surface area (Å²) in [6.07, 6.45) is 10.3. The van der Waals surface area contributed by atoms with E-state index in [1.54, 1.807) is 19.9 Å². The van der Waals surface area contributed by atoms with Gasteiger partial charge in [-0.2, -0.15) is 0 Å². The molecule has 0 saturated carbocycles. The highest BCUT2D eigenvalue weighted by atomic mass is 31.2. The molecule has 0 N–H and O–H groups in total. The predicted molar refractivity (Wildman–Crippen MR) is 113 cm³/mol. The summed E-state index contributed by atoms with van der Waals surface area (Å²) in [6.45, 7) is 12.4. The molecule has 0 amide bonds. The molecule has 0 atom stereocenters. The third-order valence-corrected chi connectivity index (χ3v) is 7.67. The van der Waals surface area contributed by atoms with Crippen molar-refractivity contribution in [2.45, 2.75) is 47.0 Å². The van der Waals surface area contributed by atoms with Crippen molar-refractivity contribution in [1.82, 2.24) is 0 Å². The SMILES string of the molecule is C=C/C=C(\C/C=C\CCCP(=O)(OCC)OCC)CP(=O)(OCC)OCC. The van der Waals surface area contributed by atoms with Crippen LogP contribution in [0.4, 0.5) is 0 Å². The summed E-state index contributed by atoms with van der Waals surface area (Å²) < 4.78 is 46.3. The van der Waals surface area contributed by atoms with Crippen molar-refractivity contribution in [3.8, 4) is 0 Å². The summed E-state index contributed by atoms with van der Waals surface area (Å²) >= 11 is 0. The van der Waals surface area contributed by atoms with Gasteiger partial charge in [0, 0.05) is 0 Å². The number of hydrogen-bond donors (Lipinski definition) is 0. The van der Waals surface area contributed by atoms with E-state index >= 15 is 0 Å². The Morgan fingerprint density at radius 3 is 1.85 bits per heavy atom. The van der Waals surface area contributed by atoms with Gasteiger partial charge in [0.05, 0.1) is 38.8 Å². The lowest BCUT2D eigenvalue weighted by molar-refractivity contribution is 0.219. The van der Waals surface area contributed by atoms with Gasteiger partial charge in [-0.25, -0.2) is 0 Å². The van der Waals surface area contributed by atoms with Gasteiger partial charge in [0.2, 0.25) is 0 Å². The van der Waals surface area contributed by atoms with Gasteiger partial charge in [0.25, 0.3) is 0 Å². The van der Waals surface area contributed by atoms with Crippen molar-refractivity contribution in [3.05, 3.63) is 36.5 Å². The van der Waals surface area contributed by atoms with Crippen molar-refractivity contribution in [3.63, 3.8) is 0 Å². The average molecular weight is 422 g/mol. The second-order valence-corrected chi connectivity index (χ2v) is 9.89. The Hall–Kier alpha value is -0.480. The van der Waals surface area contributed by atoms with Crippen LogP contribution >= 0.6 is 15.2 Å². The number of allylic oxidation sites excluding steroid dienone is 5. The second kappa shape index (κ2) is 15.4. The van der Waals surface area contributed by atoms with Gasteiger partial charge in [-0.3, -0.25) is 9.13 Å². The van der Waals surface area contributed by atoms with Crippen LogP contribution in [0.1, 0.15) is 47.0 Å². The highest BCUT2D eigenvalue weighted by Gasteiger charge is 2.24. The summed E-state index contributed by atoms with van der Waals surface area (Å²) in [5.41, 5.74) is 0.931. The minimum absolute atomic E-state index is 0.245. The Labute approximate surface area is 165 Å². The summed E-state index contributed by atoms with van der Waals surface area (Å²) in [5.74, 6) is 0. The molecule has 0 radical (unpaired) electrons. The van der Waals surface area contributed by atoms with E-state index in [0.29, 0.717) is 45.4 Å². The Morgan fingerprint density at radius 1 is 0.852 bits per heavy atom. The molecule has 158 valence electrons. The fourth-order valence-corrected chi connectivity index (χ4v) is 5.90. The lowest BCUT2D eigenvalue weighted by Crippen LogP contribution is -2.02. The molecule has 0 spiro atoms.